The molecule has 1 aliphatic carbocycles. The lowest BCUT2D eigenvalue weighted by atomic mass is 9.68. The summed E-state index contributed by atoms with van der Waals surface area (Å²) in [4.78, 5) is 0. The van der Waals surface area contributed by atoms with Gasteiger partial charge in [0.05, 0.1) is 0 Å². The van der Waals surface area contributed by atoms with Gasteiger partial charge in [-0.15, -0.1) is 0 Å². The first-order valence-corrected chi connectivity index (χ1v) is 4.28. The Bertz CT molecular complexity index is 118. The van der Waals surface area contributed by atoms with E-state index in [2.05, 4.69) is 20.8 Å². The van der Waals surface area contributed by atoms with Crippen molar-refractivity contribution in [1.29, 1.82) is 0 Å². The largest absolute Gasteiger partial charge is 0.328 e. The molecule has 2 unspecified atom stereocenters. The van der Waals surface area contributed by atoms with E-state index in [-0.39, 0.29) is 0 Å². The Morgan fingerprint density at radius 1 is 1.40 bits per heavy atom. The van der Waals surface area contributed by atoms with E-state index >= 15 is 0 Å². The van der Waals surface area contributed by atoms with Crippen LogP contribution in [0.4, 0.5) is 0 Å². The summed E-state index contributed by atoms with van der Waals surface area (Å²) in [6.07, 6.45) is 3.74. The van der Waals surface area contributed by atoms with Gasteiger partial charge in [-0.25, -0.2) is 0 Å². The van der Waals surface area contributed by atoms with Gasteiger partial charge in [0, 0.05) is 6.04 Å². The van der Waals surface area contributed by atoms with Gasteiger partial charge < -0.3 is 5.73 Å². The van der Waals surface area contributed by atoms with Crippen molar-refractivity contribution in [3.8, 4) is 0 Å². The Kier molecular flexibility index (Phi) is 2.04. The van der Waals surface area contributed by atoms with Crippen molar-refractivity contribution in [3.05, 3.63) is 0 Å². The van der Waals surface area contributed by atoms with Crippen LogP contribution in [0.5, 0.6) is 0 Å². The van der Waals surface area contributed by atoms with Crippen LogP contribution in [0.1, 0.15) is 40.0 Å². The molecule has 0 aromatic heterocycles. The fourth-order valence-corrected chi connectivity index (χ4v) is 1.69. The Labute approximate surface area is 64.0 Å². The summed E-state index contributed by atoms with van der Waals surface area (Å²) >= 11 is 0. The maximum Gasteiger partial charge on any atom is 0.00417 e. The minimum Gasteiger partial charge on any atom is -0.328 e. The van der Waals surface area contributed by atoms with Gasteiger partial charge >= 0.3 is 0 Å². The van der Waals surface area contributed by atoms with Gasteiger partial charge in [0.1, 0.15) is 0 Å². The van der Waals surface area contributed by atoms with Gasteiger partial charge in [0.15, 0.2) is 0 Å². The third-order valence-electron chi connectivity index (χ3n) is 3.15. The van der Waals surface area contributed by atoms with E-state index in [1.165, 1.54) is 19.3 Å². The van der Waals surface area contributed by atoms with Crippen LogP contribution in [0.25, 0.3) is 0 Å². The Hall–Kier alpha value is -0.0400. The van der Waals surface area contributed by atoms with Crippen molar-refractivity contribution < 1.29 is 0 Å². The number of hydrogen-bond donors (Lipinski definition) is 1. The molecule has 0 spiro atoms. The summed E-state index contributed by atoms with van der Waals surface area (Å²) < 4.78 is 0. The summed E-state index contributed by atoms with van der Waals surface area (Å²) in [6, 6.07) is 0.475. The van der Waals surface area contributed by atoms with Crippen molar-refractivity contribution in [2.45, 2.75) is 46.1 Å². The average Bonchev–Trinajstić information content (AvgIpc) is 1.81. The number of hydrogen-bond acceptors (Lipinski definition) is 1. The highest BCUT2D eigenvalue weighted by atomic mass is 14.6. The highest BCUT2D eigenvalue weighted by Crippen LogP contribution is 2.39. The maximum absolute atomic E-state index is 5.85. The lowest BCUT2D eigenvalue weighted by Crippen LogP contribution is -2.36. The molecule has 0 aromatic carbocycles. The van der Waals surface area contributed by atoms with Gasteiger partial charge in [-0.2, -0.15) is 0 Å². The third-order valence-corrected chi connectivity index (χ3v) is 3.15. The zero-order valence-electron chi connectivity index (χ0n) is 7.35. The Morgan fingerprint density at radius 3 is 2.40 bits per heavy atom. The SMILES string of the molecule is CC1CC(N)CCC1(C)C. The van der Waals surface area contributed by atoms with Gasteiger partial charge in [-0.1, -0.05) is 20.8 Å². The molecule has 2 atom stereocenters. The van der Waals surface area contributed by atoms with Crippen LogP contribution < -0.4 is 5.73 Å². The monoisotopic (exact) mass is 141 g/mol. The molecule has 0 aromatic rings. The predicted octanol–water partition coefficient (Wildman–Crippen LogP) is 2.16. The molecule has 1 nitrogen and oxygen atoms in total. The quantitative estimate of drug-likeness (QED) is 0.549. The molecular formula is C9H19N. The second-order valence-electron chi connectivity index (χ2n) is 4.42. The molecule has 0 saturated heterocycles. The topological polar surface area (TPSA) is 26.0 Å². The summed E-state index contributed by atoms with van der Waals surface area (Å²) in [5.41, 5.74) is 6.38. The van der Waals surface area contributed by atoms with Gasteiger partial charge in [0.25, 0.3) is 0 Å². The van der Waals surface area contributed by atoms with E-state index in [9.17, 15) is 0 Å². The van der Waals surface area contributed by atoms with Crippen molar-refractivity contribution in [2.75, 3.05) is 0 Å². The smallest absolute Gasteiger partial charge is 0.00417 e. The molecule has 1 fully saturated rings. The minimum absolute atomic E-state index is 0.475. The first kappa shape index (κ1) is 8.06. The van der Waals surface area contributed by atoms with Gasteiger partial charge in [-0.05, 0) is 30.6 Å². The first-order chi connectivity index (χ1) is 4.52. The highest BCUT2D eigenvalue weighted by molar-refractivity contribution is 4.85. The molecule has 0 aliphatic heterocycles. The number of rotatable bonds is 0. The lowest BCUT2D eigenvalue weighted by Gasteiger charge is -2.39. The van der Waals surface area contributed by atoms with Crippen molar-refractivity contribution in [2.24, 2.45) is 17.1 Å². The fourth-order valence-electron chi connectivity index (χ4n) is 1.69. The normalized spacial score (nSPS) is 39.6. The van der Waals surface area contributed by atoms with Crippen LogP contribution in [0.15, 0.2) is 0 Å². The molecule has 0 radical (unpaired) electrons. The molecule has 1 rings (SSSR count). The fraction of sp³-hybridized carbons (Fsp3) is 1.00. The molecule has 0 amide bonds. The second-order valence-corrected chi connectivity index (χ2v) is 4.42. The predicted molar refractivity (Wildman–Crippen MR) is 44.8 cm³/mol. The average molecular weight is 141 g/mol. The van der Waals surface area contributed by atoms with E-state index in [1.54, 1.807) is 0 Å². The van der Waals surface area contributed by atoms with E-state index in [4.69, 9.17) is 5.73 Å². The van der Waals surface area contributed by atoms with Crippen LogP contribution in [0.2, 0.25) is 0 Å². The second kappa shape index (κ2) is 2.54. The van der Waals surface area contributed by atoms with Crippen molar-refractivity contribution >= 4 is 0 Å². The van der Waals surface area contributed by atoms with Crippen LogP contribution >= 0.6 is 0 Å². The molecule has 0 heterocycles. The number of nitrogens with two attached hydrogens (primary N) is 1. The molecule has 2 N–H and O–H groups in total. The van der Waals surface area contributed by atoms with E-state index in [0.717, 1.165) is 5.92 Å². The molecule has 1 aliphatic rings. The van der Waals surface area contributed by atoms with Crippen LogP contribution in [0, 0.1) is 11.3 Å². The van der Waals surface area contributed by atoms with Crippen molar-refractivity contribution in [3.63, 3.8) is 0 Å². The summed E-state index contributed by atoms with van der Waals surface area (Å²) in [6.45, 7) is 7.02. The van der Waals surface area contributed by atoms with Crippen molar-refractivity contribution in [1.82, 2.24) is 0 Å². The van der Waals surface area contributed by atoms with E-state index < -0.39 is 0 Å². The zero-order chi connectivity index (χ0) is 7.78. The highest BCUT2D eigenvalue weighted by Gasteiger charge is 2.31. The van der Waals surface area contributed by atoms with Crippen LogP contribution in [-0.2, 0) is 0 Å². The first-order valence-electron chi connectivity index (χ1n) is 4.28. The van der Waals surface area contributed by atoms with Gasteiger partial charge in [-0.3, -0.25) is 0 Å². The molecule has 60 valence electrons. The maximum atomic E-state index is 5.85. The van der Waals surface area contributed by atoms with E-state index in [1.807, 2.05) is 0 Å². The van der Waals surface area contributed by atoms with Crippen LogP contribution in [0.3, 0.4) is 0 Å². The molecule has 0 bridgehead atoms. The third kappa shape index (κ3) is 1.51. The molecule has 1 saturated carbocycles. The van der Waals surface area contributed by atoms with Crippen LogP contribution in [-0.4, -0.2) is 6.04 Å². The van der Waals surface area contributed by atoms with Gasteiger partial charge in [0.2, 0.25) is 0 Å². The summed E-state index contributed by atoms with van der Waals surface area (Å²) in [5, 5.41) is 0. The molecule has 10 heavy (non-hydrogen) atoms. The zero-order valence-corrected chi connectivity index (χ0v) is 7.35. The Morgan fingerprint density at radius 2 is 2.00 bits per heavy atom. The minimum atomic E-state index is 0.475. The standard InChI is InChI=1S/C9H19N/c1-7-6-8(10)4-5-9(7,2)3/h7-8H,4-6,10H2,1-3H3. The molecular weight excluding hydrogens is 122 g/mol. The lowest BCUT2D eigenvalue weighted by molar-refractivity contribution is 0.139. The Balaban J connectivity index is 2.52. The molecule has 1 heteroatoms. The summed E-state index contributed by atoms with van der Waals surface area (Å²) in [7, 11) is 0. The van der Waals surface area contributed by atoms with E-state index in [0.29, 0.717) is 11.5 Å². The summed E-state index contributed by atoms with van der Waals surface area (Å²) in [5.74, 6) is 0.802.